The average Bonchev–Trinajstić information content (AvgIpc) is 2.66. The Hall–Kier alpha value is -2.62. The van der Waals surface area contributed by atoms with Gasteiger partial charge in [-0.2, -0.15) is 0 Å². The lowest BCUT2D eigenvalue weighted by molar-refractivity contribution is 0.462. The van der Waals surface area contributed by atoms with Gasteiger partial charge in [0.25, 0.3) is 0 Å². The smallest absolute Gasteiger partial charge is 0.134 e. The van der Waals surface area contributed by atoms with Crippen molar-refractivity contribution in [2.24, 2.45) is 0 Å². The summed E-state index contributed by atoms with van der Waals surface area (Å²) < 4.78 is 56.4. The summed E-state index contributed by atoms with van der Waals surface area (Å²) in [7, 11) is 0. The molecular formula is C24H22F4. The van der Waals surface area contributed by atoms with E-state index in [9.17, 15) is 17.6 Å². The zero-order valence-electron chi connectivity index (χ0n) is 16.0. The van der Waals surface area contributed by atoms with E-state index in [1.165, 1.54) is 30.7 Å². The van der Waals surface area contributed by atoms with Crippen molar-refractivity contribution in [3.8, 4) is 22.3 Å². The van der Waals surface area contributed by atoms with Crippen molar-refractivity contribution >= 4 is 0 Å². The molecule has 0 saturated carbocycles. The van der Waals surface area contributed by atoms with Crippen LogP contribution in [-0.2, 0) is 13.1 Å². The van der Waals surface area contributed by atoms with Crippen LogP contribution in [-0.4, -0.2) is 0 Å². The molecule has 146 valence electrons. The molecule has 3 aromatic rings. The van der Waals surface area contributed by atoms with E-state index >= 15 is 0 Å². The number of aryl methyl sites for hydroxylation is 2. The molecule has 0 aromatic heterocycles. The van der Waals surface area contributed by atoms with Gasteiger partial charge < -0.3 is 0 Å². The first kappa shape index (κ1) is 20.1. The molecule has 0 unspecified atom stereocenters. The maximum atomic E-state index is 14.7. The normalized spacial score (nSPS) is 11.1. The molecule has 0 spiro atoms. The molecule has 3 rings (SSSR count). The first-order valence-corrected chi connectivity index (χ1v) is 9.38. The van der Waals surface area contributed by atoms with E-state index in [2.05, 4.69) is 6.92 Å². The van der Waals surface area contributed by atoms with Gasteiger partial charge in [-0.1, -0.05) is 43.7 Å². The van der Waals surface area contributed by atoms with E-state index in [-0.39, 0.29) is 16.7 Å². The standard InChI is InChI=1S/C24H22F4/c1-3-4-5-16-6-8-17(9-7-16)18-11-22(27)24(23(28)12-18)19-10-15(2)20(14-25)21(26)13-19/h6-13H,3-5,14H2,1-2H3. The number of hydrogen-bond donors (Lipinski definition) is 0. The molecule has 28 heavy (non-hydrogen) atoms. The fourth-order valence-corrected chi connectivity index (χ4v) is 3.35. The predicted octanol–water partition coefficient (Wildman–Crippen LogP) is 7.56. The molecule has 0 aliphatic heterocycles. The Morgan fingerprint density at radius 3 is 1.89 bits per heavy atom. The van der Waals surface area contributed by atoms with Crippen molar-refractivity contribution in [3.63, 3.8) is 0 Å². The van der Waals surface area contributed by atoms with Crippen LogP contribution in [0.15, 0.2) is 48.5 Å². The zero-order valence-corrected chi connectivity index (χ0v) is 16.0. The van der Waals surface area contributed by atoms with Crippen molar-refractivity contribution in [2.45, 2.75) is 39.8 Å². The molecule has 0 bridgehead atoms. The number of benzene rings is 3. The zero-order chi connectivity index (χ0) is 20.3. The largest absolute Gasteiger partial charge is 0.246 e. The second kappa shape index (κ2) is 8.59. The molecule has 3 aromatic carbocycles. The second-order valence-electron chi connectivity index (χ2n) is 7.00. The van der Waals surface area contributed by atoms with E-state index in [1.54, 1.807) is 0 Å². The molecule has 0 atom stereocenters. The minimum atomic E-state index is -0.962. The SMILES string of the molecule is CCCCc1ccc(-c2cc(F)c(-c3cc(C)c(CF)c(F)c3)c(F)c2)cc1. The topological polar surface area (TPSA) is 0 Å². The van der Waals surface area contributed by atoms with Crippen LogP contribution < -0.4 is 0 Å². The Morgan fingerprint density at radius 1 is 0.750 bits per heavy atom. The van der Waals surface area contributed by atoms with Gasteiger partial charge in [0.1, 0.15) is 24.1 Å². The van der Waals surface area contributed by atoms with E-state index < -0.39 is 24.1 Å². The summed E-state index contributed by atoms with van der Waals surface area (Å²) >= 11 is 0. The van der Waals surface area contributed by atoms with Gasteiger partial charge in [-0.3, -0.25) is 0 Å². The summed E-state index contributed by atoms with van der Waals surface area (Å²) in [6.45, 7) is 2.68. The number of rotatable bonds is 6. The van der Waals surface area contributed by atoms with Crippen LogP contribution in [0.2, 0.25) is 0 Å². The lowest BCUT2D eigenvalue weighted by Gasteiger charge is -2.12. The molecule has 0 saturated heterocycles. The summed E-state index contributed by atoms with van der Waals surface area (Å²) in [6.07, 6.45) is 3.17. The molecule has 0 heterocycles. The Kier molecular flexibility index (Phi) is 6.18. The highest BCUT2D eigenvalue weighted by molar-refractivity contribution is 5.72. The van der Waals surface area contributed by atoms with Gasteiger partial charge in [-0.15, -0.1) is 0 Å². The van der Waals surface area contributed by atoms with Gasteiger partial charge in [0.2, 0.25) is 0 Å². The maximum absolute atomic E-state index is 14.7. The number of halogens is 4. The third kappa shape index (κ3) is 4.11. The lowest BCUT2D eigenvalue weighted by atomic mass is 9.95. The number of hydrogen-bond acceptors (Lipinski definition) is 0. The monoisotopic (exact) mass is 386 g/mol. The minimum Gasteiger partial charge on any atom is -0.246 e. The molecule has 0 aliphatic carbocycles. The van der Waals surface area contributed by atoms with Crippen LogP contribution in [0.5, 0.6) is 0 Å². The van der Waals surface area contributed by atoms with Crippen LogP contribution in [0.1, 0.15) is 36.5 Å². The molecule has 4 heteroatoms. The molecule has 0 aliphatic rings. The summed E-state index contributed by atoms with van der Waals surface area (Å²) in [5.41, 5.74) is 2.28. The predicted molar refractivity (Wildman–Crippen MR) is 105 cm³/mol. The summed E-state index contributed by atoms with van der Waals surface area (Å²) in [6, 6.07) is 12.5. The van der Waals surface area contributed by atoms with E-state index in [4.69, 9.17) is 0 Å². The maximum Gasteiger partial charge on any atom is 0.134 e. The molecule has 0 fully saturated rings. The quantitative estimate of drug-likeness (QED) is 0.384. The molecule has 0 radical (unpaired) electrons. The molecule has 0 nitrogen and oxygen atoms in total. The second-order valence-corrected chi connectivity index (χ2v) is 7.00. The highest BCUT2D eigenvalue weighted by Gasteiger charge is 2.17. The van der Waals surface area contributed by atoms with Crippen molar-refractivity contribution in [1.29, 1.82) is 0 Å². The fraction of sp³-hybridized carbons (Fsp3) is 0.250. The Labute approximate surface area is 162 Å². The highest BCUT2D eigenvalue weighted by atomic mass is 19.1. The van der Waals surface area contributed by atoms with Crippen molar-refractivity contribution in [1.82, 2.24) is 0 Å². The van der Waals surface area contributed by atoms with E-state index in [0.717, 1.165) is 25.3 Å². The third-order valence-electron chi connectivity index (χ3n) is 4.99. The van der Waals surface area contributed by atoms with E-state index in [0.29, 0.717) is 16.7 Å². The van der Waals surface area contributed by atoms with E-state index in [1.807, 2.05) is 24.3 Å². The Bertz CT molecular complexity index is 928. The molecule has 0 N–H and O–H groups in total. The van der Waals surface area contributed by atoms with Gasteiger partial charge in [-0.25, -0.2) is 17.6 Å². The summed E-state index contributed by atoms with van der Waals surface area (Å²) in [5.74, 6) is -2.36. The number of alkyl halides is 1. The summed E-state index contributed by atoms with van der Waals surface area (Å²) in [4.78, 5) is 0. The highest BCUT2D eigenvalue weighted by Crippen LogP contribution is 2.33. The van der Waals surface area contributed by atoms with Crippen LogP contribution >= 0.6 is 0 Å². The Morgan fingerprint density at radius 2 is 1.36 bits per heavy atom. The minimum absolute atomic E-state index is 0.0589. The molecule has 0 amide bonds. The van der Waals surface area contributed by atoms with Gasteiger partial charge in [-0.05, 0) is 65.8 Å². The van der Waals surface area contributed by atoms with Crippen molar-refractivity contribution in [2.75, 3.05) is 0 Å². The fourth-order valence-electron chi connectivity index (χ4n) is 3.35. The first-order chi connectivity index (χ1) is 13.4. The summed E-state index contributed by atoms with van der Waals surface area (Å²) in [5, 5.41) is 0. The van der Waals surface area contributed by atoms with Gasteiger partial charge in [0.05, 0.1) is 5.56 Å². The van der Waals surface area contributed by atoms with Gasteiger partial charge in [0.15, 0.2) is 0 Å². The van der Waals surface area contributed by atoms with Crippen LogP contribution in [0, 0.1) is 24.4 Å². The average molecular weight is 386 g/mol. The molecular weight excluding hydrogens is 364 g/mol. The van der Waals surface area contributed by atoms with Crippen LogP contribution in [0.3, 0.4) is 0 Å². The van der Waals surface area contributed by atoms with Gasteiger partial charge in [0, 0.05) is 5.56 Å². The first-order valence-electron chi connectivity index (χ1n) is 9.38. The lowest BCUT2D eigenvalue weighted by Crippen LogP contribution is -1.97. The van der Waals surface area contributed by atoms with Crippen LogP contribution in [0.25, 0.3) is 22.3 Å². The Balaban J connectivity index is 1.98. The van der Waals surface area contributed by atoms with Crippen molar-refractivity contribution in [3.05, 3.63) is 82.7 Å². The number of unbranched alkanes of at least 4 members (excludes halogenated alkanes) is 1. The van der Waals surface area contributed by atoms with Crippen LogP contribution in [0.4, 0.5) is 17.6 Å². The third-order valence-corrected chi connectivity index (χ3v) is 4.99. The van der Waals surface area contributed by atoms with Gasteiger partial charge >= 0.3 is 0 Å². The van der Waals surface area contributed by atoms with Crippen molar-refractivity contribution < 1.29 is 17.6 Å².